The van der Waals surface area contributed by atoms with Gasteiger partial charge in [0.1, 0.15) is 11.4 Å². The Morgan fingerprint density at radius 1 is 0.812 bits per heavy atom. The zero-order valence-corrected chi connectivity index (χ0v) is 18.0. The molecule has 158 valence electrons. The second kappa shape index (κ2) is 7.68. The average Bonchev–Trinajstić information content (AvgIpc) is 3.13. The van der Waals surface area contributed by atoms with Crippen LogP contribution in [0.5, 0.6) is 0 Å². The van der Waals surface area contributed by atoms with E-state index in [2.05, 4.69) is 35.9 Å². The molecular weight excluding hydrogens is 399 g/mol. The fourth-order valence-electron chi connectivity index (χ4n) is 4.43. The third kappa shape index (κ3) is 3.09. The Morgan fingerprint density at radius 2 is 1.59 bits per heavy atom. The van der Waals surface area contributed by atoms with Gasteiger partial charge in [-0.1, -0.05) is 56.3 Å². The second-order valence-electron chi connectivity index (χ2n) is 8.30. The molecule has 2 N–H and O–H groups in total. The van der Waals surface area contributed by atoms with E-state index in [-0.39, 0.29) is 5.92 Å². The Morgan fingerprint density at radius 3 is 2.41 bits per heavy atom. The van der Waals surface area contributed by atoms with E-state index >= 15 is 0 Å². The van der Waals surface area contributed by atoms with E-state index in [9.17, 15) is 4.39 Å². The van der Waals surface area contributed by atoms with Crippen molar-refractivity contribution in [1.29, 1.82) is 0 Å². The molecule has 0 aliphatic carbocycles. The van der Waals surface area contributed by atoms with Crippen molar-refractivity contribution >= 4 is 5.84 Å². The van der Waals surface area contributed by atoms with Crippen LogP contribution in [0.1, 0.15) is 47.7 Å². The van der Waals surface area contributed by atoms with Gasteiger partial charge >= 0.3 is 0 Å². The van der Waals surface area contributed by atoms with Crippen LogP contribution < -0.4 is 5.73 Å². The smallest absolute Gasteiger partial charge is 0.220 e. The van der Waals surface area contributed by atoms with E-state index in [0.717, 1.165) is 33.5 Å². The number of halogens is 1. The molecule has 4 nitrogen and oxygen atoms in total. The minimum Gasteiger partial charge on any atom is -0.383 e. The number of aromatic nitrogens is 2. The number of hydrogen-bond donors (Lipinski definition) is 1. The first-order valence-electron chi connectivity index (χ1n) is 10.6. The van der Waals surface area contributed by atoms with Crippen LogP contribution >= 0.6 is 0 Å². The molecule has 1 aliphatic rings. The molecule has 1 atom stereocenters. The summed E-state index contributed by atoms with van der Waals surface area (Å²) < 4.78 is 14.5. The van der Waals surface area contributed by atoms with Crippen molar-refractivity contribution in [3.8, 4) is 11.1 Å². The van der Waals surface area contributed by atoms with Crippen molar-refractivity contribution in [3.05, 3.63) is 119 Å². The second-order valence-corrected chi connectivity index (χ2v) is 8.30. The van der Waals surface area contributed by atoms with E-state index in [1.807, 2.05) is 54.7 Å². The zero-order valence-electron chi connectivity index (χ0n) is 18.0. The molecule has 0 radical (unpaired) electrons. The summed E-state index contributed by atoms with van der Waals surface area (Å²) in [6, 6.07) is 23.4. The quantitative estimate of drug-likeness (QED) is 0.447. The Balaban J connectivity index is 1.80. The van der Waals surface area contributed by atoms with Crippen LogP contribution in [-0.4, -0.2) is 15.8 Å². The topological polar surface area (TPSA) is 64.2 Å². The highest BCUT2D eigenvalue weighted by Crippen LogP contribution is 2.46. The Bertz CT molecular complexity index is 1340. The standard InChI is InChI=1S/C27H23FN4/c1-17(2)24-16-20(12-14-30-24)27(23-11-4-3-9-22(23)26(29)32-27)19-8-5-7-18(15-19)21-10-6-13-31-25(21)28/h3-17H,1-2H3,(H2,29,32). The fraction of sp³-hybridized carbons (Fsp3) is 0.148. The lowest BCUT2D eigenvalue weighted by molar-refractivity contribution is 0.587. The highest BCUT2D eigenvalue weighted by atomic mass is 19.1. The summed E-state index contributed by atoms with van der Waals surface area (Å²) >= 11 is 0. The summed E-state index contributed by atoms with van der Waals surface area (Å²) in [6.07, 6.45) is 3.27. The highest BCUT2D eigenvalue weighted by Gasteiger charge is 2.43. The molecule has 5 rings (SSSR count). The molecule has 1 unspecified atom stereocenters. The predicted octanol–water partition coefficient (Wildman–Crippen LogP) is 5.42. The number of amidine groups is 1. The van der Waals surface area contributed by atoms with Gasteiger partial charge in [-0.05, 0) is 58.5 Å². The maximum atomic E-state index is 14.5. The van der Waals surface area contributed by atoms with Crippen LogP contribution in [0.15, 0.2) is 90.2 Å². The van der Waals surface area contributed by atoms with E-state index < -0.39 is 11.5 Å². The monoisotopic (exact) mass is 422 g/mol. The van der Waals surface area contributed by atoms with Crippen molar-refractivity contribution in [2.75, 3.05) is 0 Å². The van der Waals surface area contributed by atoms with Crippen molar-refractivity contribution < 1.29 is 4.39 Å². The maximum absolute atomic E-state index is 14.5. The average molecular weight is 423 g/mol. The summed E-state index contributed by atoms with van der Waals surface area (Å²) in [4.78, 5) is 13.4. The van der Waals surface area contributed by atoms with E-state index in [4.69, 9.17) is 10.7 Å². The van der Waals surface area contributed by atoms with Gasteiger partial charge in [0.15, 0.2) is 0 Å². The number of benzene rings is 2. The van der Waals surface area contributed by atoms with E-state index in [0.29, 0.717) is 11.4 Å². The number of rotatable bonds is 4. The number of pyridine rings is 2. The third-order valence-corrected chi connectivity index (χ3v) is 6.02. The Kier molecular flexibility index (Phi) is 4.82. The summed E-state index contributed by atoms with van der Waals surface area (Å²) in [5, 5.41) is 0. The molecule has 4 aromatic rings. The Labute approximate surface area is 186 Å². The molecule has 0 amide bonds. The van der Waals surface area contributed by atoms with Crippen molar-refractivity contribution in [1.82, 2.24) is 9.97 Å². The zero-order chi connectivity index (χ0) is 22.3. The van der Waals surface area contributed by atoms with Crippen molar-refractivity contribution in [3.63, 3.8) is 0 Å². The van der Waals surface area contributed by atoms with Crippen LogP contribution in [0.25, 0.3) is 11.1 Å². The van der Waals surface area contributed by atoms with Gasteiger partial charge in [0, 0.05) is 29.2 Å². The molecule has 0 saturated carbocycles. The molecular formula is C27H23FN4. The molecule has 1 aliphatic heterocycles. The molecule has 5 heteroatoms. The van der Waals surface area contributed by atoms with Crippen LogP contribution in [-0.2, 0) is 5.54 Å². The van der Waals surface area contributed by atoms with Crippen LogP contribution in [0.2, 0.25) is 0 Å². The summed E-state index contributed by atoms with van der Waals surface area (Å²) in [6.45, 7) is 4.23. The molecule has 0 saturated heterocycles. The molecule has 3 heterocycles. The van der Waals surface area contributed by atoms with E-state index in [1.54, 1.807) is 12.1 Å². The lowest BCUT2D eigenvalue weighted by Crippen LogP contribution is -2.26. The number of aliphatic imine (C=N–C) groups is 1. The largest absolute Gasteiger partial charge is 0.383 e. The van der Waals surface area contributed by atoms with Crippen molar-refractivity contribution in [2.24, 2.45) is 10.7 Å². The summed E-state index contributed by atoms with van der Waals surface area (Å²) in [5.74, 6) is 0.252. The normalized spacial score (nSPS) is 17.3. The van der Waals surface area contributed by atoms with Gasteiger partial charge in [-0.15, -0.1) is 0 Å². The first kappa shape index (κ1) is 20.1. The third-order valence-electron chi connectivity index (χ3n) is 6.02. The van der Waals surface area contributed by atoms with Crippen LogP contribution in [0.4, 0.5) is 4.39 Å². The molecule has 0 spiro atoms. The molecule has 0 fully saturated rings. The number of nitrogens with zero attached hydrogens (tertiary/aromatic N) is 3. The van der Waals surface area contributed by atoms with Gasteiger partial charge in [0.25, 0.3) is 0 Å². The van der Waals surface area contributed by atoms with Gasteiger partial charge in [0.05, 0.1) is 0 Å². The van der Waals surface area contributed by atoms with Gasteiger partial charge in [0.2, 0.25) is 5.95 Å². The van der Waals surface area contributed by atoms with E-state index in [1.165, 1.54) is 6.20 Å². The molecule has 2 aromatic heterocycles. The fourth-order valence-corrected chi connectivity index (χ4v) is 4.43. The minimum absolute atomic E-state index is 0.265. The lowest BCUT2D eigenvalue weighted by atomic mass is 9.77. The lowest BCUT2D eigenvalue weighted by Gasteiger charge is -2.30. The van der Waals surface area contributed by atoms with Crippen LogP contribution in [0.3, 0.4) is 0 Å². The molecule has 0 bridgehead atoms. The minimum atomic E-state index is -0.845. The van der Waals surface area contributed by atoms with Gasteiger partial charge in [-0.25, -0.2) is 9.98 Å². The summed E-state index contributed by atoms with van der Waals surface area (Å²) in [5.41, 5.74) is 11.6. The van der Waals surface area contributed by atoms with Crippen LogP contribution in [0, 0.1) is 5.95 Å². The summed E-state index contributed by atoms with van der Waals surface area (Å²) in [7, 11) is 0. The first-order chi connectivity index (χ1) is 15.5. The number of hydrogen-bond acceptors (Lipinski definition) is 4. The maximum Gasteiger partial charge on any atom is 0.220 e. The predicted molar refractivity (Wildman–Crippen MR) is 125 cm³/mol. The van der Waals surface area contributed by atoms with Crippen molar-refractivity contribution in [2.45, 2.75) is 25.3 Å². The highest BCUT2D eigenvalue weighted by molar-refractivity contribution is 6.03. The van der Waals surface area contributed by atoms with Gasteiger partial charge in [-0.2, -0.15) is 4.39 Å². The number of nitrogens with two attached hydrogens (primary N) is 1. The Hall–Kier alpha value is -3.86. The molecule has 32 heavy (non-hydrogen) atoms. The SMILES string of the molecule is CC(C)c1cc(C2(c3cccc(-c4cccnc4F)c3)N=C(N)c3ccccc32)ccn1. The van der Waals surface area contributed by atoms with Gasteiger partial charge in [-0.3, -0.25) is 4.98 Å². The molecule has 2 aromatic carbocycles. The number of fused-ring (bicyclic) bond motifs is 1. The van der Waals surface area contributed by atoms with Gasteiger partial charge < -0.3 is 5.73 Å². The first-order valence-corrected chi connectivity index (χ1v) is 10.6.